The molecule has 0 bridgehead atoms. The lowest BCUT2D eigenvalue weighted by Crippen LogP contribution is -2.45. The number of rotatable bonds is 65. The number of amides is 1. The Morgan fingerprint density at radius 3 is 0.947 bits per heavy atom. The molecule has 6 heteroatoms. The van der Waals surface area contributed by atoms with Crippen LogP contribution in [0.5, 0.6) is 0 Å². The maximum Gasteiger partial charge on any atom is 0.305 e. The third-order valence-corrected chi connectivity index (χ3v) is 16.3. The number of carbonyl (C=O) groups is 2. The number of allylic oxidation sites excluding steroid dienone is 2. The predicted octanol–water partition coefficient (Wildman–Crippen LogP) is 22.0. The molecule has 0 radical (unpaired) electrons. The van der Waals surface area contributed by atoms with Crippen LogP contribution in [0.4, 0.5) is 0 Å². The molecular weight excluding hydrogens is 923 g/mol. The summed E-state index contributed by atoms with van der Waals surface area (Å²) in [6.07, 6.45) is 79.5. The van der Waals surface area contributed by atoms with E-state index in [1.165, 1.54) is 315 Å². The van der Waals surface area contributed by atoms with Gasteiger partial charge in [0.05, 0.1) is 25.4 Å². The van der Waals surface area contributed by atoms with E-state index in [0.717, 1.165) is 44.9 Å². The zero-order valence-electron chi connectivity index (χ0n) is 51.1. The highest BCUT2D eigenvalue weighted by Crippen LogP contribution is 2.19. The van der Waals surface area contributed by atoms with Crippen LogP contribution >= 0.6 is 0 Å². The summed E-state index contributed by atoms with van der Waals surface area (Å²) >= 11 is 0. The molecule has 446 valence electrons. The van der Waals surface area contributed by atoms with Crippen LogP contribution in [0.15, 0.2) is 12.2 Å². The van der Waals surface area contributed by atoms with Crippen molar-refractivity contribution >= 4 is 11.9 Å². The molecule has 1 amide bonds. The molecule has 0 aliphatic carbocycles. The van der Waals surface area contributed by atoms with Gasteiger partial charge < -0.3 is 20.3 Å². The third-order valence-electron chi connectivity index (χ3n) is 16.3. The van der Waals surface area contributed by atoms with Crippen LogP contribution in [0, 0.1) is 0 Å². The van der Waals surface area contributed by atoms with Crippen molar-refractivity contribution in [2.45, 2.75) is 405 Å². The van der Waals surface area contributed by atoms with Gasteiger partial charge in [0.15, 0.2) is 0 Å². The van der Waals surface area contributed by atoms with E-state index < -0.39 is 12.1 Å². The molecule has 75 heavy (non-hydrogen) atoms. The maximum atomic E-state index is 12.5. The van der Waals surface area contributed by atoms with E-state index in [-0.39, 0.29) is 18.5 Å². The normalized spacial score (nSPS) is 12.5. The Kier molecular flexibility index (Phi) is 63.9. The fourth-order valence-corrected chi connectivity index (χ4v) is 11.1. The second kappa shape index (κ2) is 65.1. The zero-order valence-corrected chi connectivity index (χ0v) is 51.1. The van der Waals surface area contributed by atoms with E-state index in [0.29, 0.717) is 25.9 Å². The topological polar surface area (TPSA) is 95.9 Å². The van der Waals surface area contributed by atoms with Gasteiger partial charge in [-0.2, -0.15) is 0 Å². The number of nitrogens with one attached hydrogen (secondary N) is 1. The molecule has 6 nitrogen and oxygen atoms in total. The minimum atomic E-state index is -0.667. The zero-order chi connectivity index (χ0) is 54.3. The molecule has 2 atom stereocenters. The largest absolute Gasteiger partial charge is 0.466 e. The first-order valence-corrected chi connectivity index (χ1v) is 34.4. The van der Waals surface area contributed by atoms with Crippen LogP contribution in [0.3, 0.4) is 0 Å². The van der Waals surface area contributed by atoms with E-state index in [1.54, 1.807) is 0 Å². The summed E-state index contributed by atoms with van der Waals surface area (Å²) in [6.45, 7) is 4.98. The Balaban J connectivity index is 3.38. The van der Waals surface area contributed by atoms with E-state index in [1.807, 2.05) is 0 Å². The summed E-state index contributed by atoms with van der Waals surface area (Å²) in [5.74, 6) is -0.0233. The summed E-state index contributed by atoms with van der Waals surface area (Å²) in [5, 5.41) is 23.4. The fourth-order valence-electron chi connectivity index (χ4n) is 11.1. The lowest BCUT2D eigenvalue weighted by molar-refractivity contribution is -0.143. The molecule has 0 saturated heterocycles. The smallest absolute Gasteiger partial charge is 0.305 e. The molecule has 0 fully saturated rings. The molecule has 0 heterocycles. The highest BCUT2D eigenvalue weighted by molar-refractivity contribution is 5.76. The van der Waals surface area contributed by atoms with Crippen molar-refractivity contribution in [1.82, 2.24) is 5.32 Å². The first kappa shape index (κ1) is 73.6. The number of hydrogen-bond acceptors (Lipinski definition) is 5. The van der Waals surface area contributed by atoms with E-state index in [2.05, 4.69) is 31.3 Å². The maximum absolute atomic E-state index is 12.5. The number of carbonyl (C=O) groups excluding carboxylic acids is 2. The van der Waals surface area contributed by atoms with Gasteiger partial charge in [-0.05, 0) is 51.4 Å². The molecule has 0 aromatic carbocycles. The van der Waals surface area contributed by atoms with Crippen molar-refractivity contribution in [2.24, 2.45) is 0 Å². The third kappa shape index (κ3) is 61.7. The first-order valence-electron chi connectivity index (χ1n) is 34.4. The van der Waals surface area contributed by atoms with Gasteiger partial charge in [-0.25, -0.2) is 0 Å². The van der Waals surface area contributed by atoms with E-state index in [9.17, 15) is 19.8 Å². The van der Waals surface area contributed by atoms with Crippen LogP contribution in [0.2, 0.25) is 0 Å². The van der Waals surface area contributed by atoms with E-state index >= 15 is 0 Å². The molecule has 0 saturated carbocycles. The second-order valence-corrected chi connectivity index (χ2v) is 23.9. The van der Waals surface area contributed by atoms with Gasteiger partial charge >= 0.3 is 5.97 Å². The number of aliphatic hydroxyl groups is 2. The van der Waals surface area contributed by atoms with Crippen LogP contribution < -0.4 is 5.32 Å². The van der Waals surface area contributed by atoms with Crippen molar-refractivity contribution < 1.29 is 24.5 Å². The molecule has 3 N–H and O–H groups in total. The number of unbranched alkanes of at least 4 members (excludes halogenated alkanes) is 52. The van der Waals surface area contributed by atoms with Crippen molar-refractivity contribution in [3.63, 3.8) is 0 Å². The Bertz CT molecular complexity index is 1130. The molecule has 0 aliphatic heterocycles. The van der Waals surface area contributed by atoms with Gasteiger partial charge in [-0.1, -0.05) is 341 Å². The van der Waals surface area contributed by atoms with Crippen LogP contribution in [-0.4, -0.2) is 47.4 Å². The average Bonchev–Trinajstić information content (AvgIpc) is 3.41. The Morgan fingerprint density at radius 1 is 0.360 bits per heavy atom. The highest BCUT2D eigenvalue weighted by Gasteiger charge is 2.20. The van der Waals surface area contributed by atoms with Crippen LogP contribution in [0.1, 0.15) is 393 Å². The van der Waals surface area contributed by atoms with Crippen molar-refractivity contribution in [1.29, 1.82) is 0 Å². The quantitative estimate of drug-likeness (QED) is 0.0320. The molecule has 0 aliphatic rings. The van der Waals surface area contributed by atoms with E-state index in [4.69, 9.17) is 4.74 Å². The summed E-state index contributed by atoms with van der Waals surface area (Å²) in [4.78, 5) is 24.7. The monoisotopic (exact) mass is 1060 g/mol. The molecular formula is C69H135NO5. The lowest BCUT2D eigenvalue weighted by atomic mass is 10.0. The lowest BCUT2D eigenvalue weighted by Gasteiger charge is -2.22. The van der Waals surface area contributed by atoms with Crippen LogP contribution in [-0.2, 0) is 14.3 Å². The van der Waals surface area contributed by atoms with Gasteiger partial charge in [-0.3, -0.25) is 9.59 Å². The fraction of sp³-hybridized carbons (Fsp3) is 0.942. The molecule has 0 spiro atoms. The van der Waals surface area contributed by atoms with Crippen molar-refractivity contribution in [2.75, 3.05) is 13.2 Å². The van der Waals surface area contributed by atoms with Gasteiger partial charge in [0.2, 0.25) is 5.91 Å². The number of ether oxygens (including phenoxy) is 1. The molecule has 0 rings (SSSR count). The van der Waals surface area contributed by atoms with Gasteiger partial charge in [0.25, 0.3) is 0 Å². The van der Waals surface area contributed by atoms with Gasteiger partial charge in [-0.15, -0.1) is 0 Å². The number of esters is 1. The van der Waals surface area contributed by atoms with Gasteiger partial charge in [0.1, 0.15) is 0 Å². The number of hydrogen-bond donors (Lipinski definition) is 3. The highest BCUT2D eigenvalue weighted by atomic mass is 16.5. The van der Waals surface area contributed by atoms with Crippen LogP contribution in [0.25, 0.3) is 0 Å². The molecule has 0 aromatic heterocycles. The minimum Gasteiger partial charge on any atom is -0.466 e. The molecule has 2 unspecified atom stereocenters. The van der Waals surface area contributed by atoms with Gasteiger partial charge in [0, 0.05) is 12.8 Å². The standard InChI is InChI=1S/C69H135NO5/c1-3-5-7-9-11-13-15-17-19-21-23-26-29-33-37-41-45-49-53-57-61-67(72)66(65-71)70-68(73)62-58-54-50-46-42-38-34-30-27-24-28-32-36-40-44-48-52-56-60-64-75-69(74)63-59-55-51-47-43-39-35-31-25-22-20-18-16-14-12-10-8-6-4-2/h18,20,66-67,71-72H,3-17,19,21-65H2,1-2H3,(H,70,73)/b20-18-. The number of aliphatic hydroxyl groups excluding tert-OH is 2. The van der Waals surface area contributed by atoms with Crippen molar-refractivity contribution in [3.05, 3.63) is 12.2 Å². The predicted molar refractivity (Wildman–Crippen MR) is 329 cm³/mol. The summed E-state index contributed by atoms with van der Waals surface area (Å²) in [6, 6.07) is -0.544. The Hall–Kier alpha value is -1.40. The Morgan fingerprint density at radius 2 is 0.627 bits per heavy atom. The van der Waals surface area contributed by atoms with Crippen molar-refractivity contribution in [3.8, 4) is 0 Å². The average molecular weight is 1060 g/mol. The minimum absolute atomic E-state index is 0.0100. The summed E-state index contributed by atoms with van der Waals surface area (Å²) in [7, 11) is 0. The molecule has 0 aromatic rings. The first-order chi connectivity index (χ1) is 37.0. The summed E-state index contributed by atoms with van der Waals surface area (Å²) in [5.41, 5.74) is 0. The summed E-state index contributed by atoms with van der Waals surface area (Å²) < 4.78 is 5.51. The SMILES string of the molecule is CCCCCCCC/C=C\CCCCCCCCCCCC(=O)OCCCCCCCCCCCCCCCCCCCCCC(=O)NC(CO)C(O)CCCCCCCCCCCCCCCCCCCCCC. The second-order valence-electron chi connectivity index (χ2n) is 23.9. The Labute approximate surface area is 469 Å².